The monoisotopic (exact) mass is 378 g/mol. The van der Waals surface area contributed by atoms with Crippen molar-refractivity contribution in [2.45, 2.75) is 31.0 Å². The van der Waals surface area contributed by atoms with Crippen LogP contribution in [0.3, 0.4) is 0 Å². The lowest BCUT2D eigenvalue weighted by Gasteiger charge is -2.46. The number of morpholine rings is 1. The normalized spacial score (nSPS) is 25.0. The van der Waals surface area contributed by atoms with Crippen LogP contribution in [0.15, 0.2) is 42.7 Å². The lowest BCUT2D eigenvalue weighted by Crippen LogP contribution is -2.59. The Labute approximate surface area is 162 Å². The highest BCUT2D eigenvalue weighted by atomic mass is 16.5. The van der Waals surface area contributed by atoms with E-state index in [9.17, 15) is 4.79 Å². The number of likely N-dealkylation sites (N-methyl/N-ethyl adjacent to an activating group) is 1. The summed E-state index contributed by atoms with van der Waals surface area (Å²) >= 11 is 0. The third kappa shape index (κ3) is 2.94. The van der Waals surface area contributed by atoms with Gasteiger partial charge in [-0.15, -0.1) is 0 Å². The van der Waals surface area contributed by atoms with Gasteiger partial charge in [0, 0.05) is 30.5 Å². The van der Waals surface area contributed by atoms with Crippen LogP contribution in [0.2, 0.25) is 0 Å². The number of carbonyl (C=O) groups excluding carboxylic acids is 1. The summed E-state index contributed by atoms with van der Waals surface area (Å²) < 4.78 is 7.30. The number of nitrogens with one attached hydrogen (secondary N) is 1. The molecule has 1 N–H and O–H groups in total. The van der Waals surface area contributed by atoms with Gasteiger partial charge in [-0.05, 0) is 44.2 Å². The molecule has 1 amide bonds. The van der Waals surface area contributed by atoms with Crippen molar-refractivity contribution in [3.8, 4) is 5.82 Å². The molecule has 0 radical (unpaired) electrons. The van der Waals surface area contributed by atoms with Crippen LogP contribution in [0.4, 0.5) is 0 Å². The summed E-state index contributed by atoms with van der Waals surface area (Å²) in [5, 5.41) is 8.48. The second-order valence-corrected chi connectivity index (χ2v) is 7.48. The number of fused-ring (bicyclic) bond motifs is 3. The summed E-state index contributed by atoms with van der Waals surface area (Å²) in [6.45, 7) is 1.45. The number of nitrogens with zero attached hydrogens (tertiary/aromatic N) is 5. The highest BCUT2D eigenvalue weighted by Crippen LogP contribution is 2.27. The summed E-state index contributed by atoms with van der Waals surface area (Å²) in [5.74, 6) is 0.470. The molecule has 5 rings (SSSR count). The van der Waals surface area contributed by atoms with E-state index in [1.54, 1.807) is 17.1 Å². The smallest absolute Gasteiger partial charge is 0.272 e. The number of hydrogen-bond acceptors (Lipinski definition) is 6. The molecular weight excluding hydrogens is 356 g/mol. The number of amides is 1. The SMILES string of the molecule is CN1C2COCC1CC(NC(=O)c1nn(-c3ccccn3)c3ncccc13)C2. The summed E-state index contributed by atoms with van der Waals surface area (Å²) in [7, 11) is 2.14. The van der Waals surface area contributed by atoms with E-state index in [2.05, 4.69) is 32.3 Å². The van der Waals surface area contributed by atoms with Crippen LogP contribution in [0, 0.1) is 0 Å². The van der Waals surface area contributed by atoms with E-state index in [1.165, 1.54) is 0 Å². The molecule has 0 aliphatic carbocycles. The van der Waals surface area contributed by atoms with Gasteiger partial charge in [-0.25, -0.2) is 9.97 Å². The van der Waals surface area contributed by atoms with Gasteiger partial charge in [0.05, 0.1) is 18.6 Å². The van der Waals surface area contributed by atoms with Gasteiger partial charge < -0.3 is 10.1 Å². The Hall–Kier alpha value is -2.84. The molecule has 2 bridgehead atoms. The van der Waals surface area contributed by atoms with E-state index in [1.807, 2.05) is 30.3 Å². The van der Waals surface area contributed by atoms with E-state index < -0.39 is 0 Å². The minimum absolute atomic E-state index is 0.120. The topological polar surface area (TPSA) is 85.2 Å². The molecular formula is C20H22N6O2. The maximum absolute atomic E-state index is 13.1. The summed E-state index contributed by atoms with van der Waals surface area (Å²) in [4.78, 5) is 24.2. The Morgan fingerprint density at radius 2 is 1.89 bits per heavy atom. The van der Waals surface area contributed by atoms with Crippen molar-refractivity contribution < 1.29 is 9.53 Å². The Bertz CT molecular complexity index is 990. The zero-order valence-corrected chi connectivity index (χ0v) is 15.7. The molecule has 2 aliphatic rings. The molecule has 2 aliphatic heterocycles. The lowest BCUT2D eigenvalue weighted by atomic mass is 9.90. The van der Waals surface area contributed by atoms with Crippen molar-refractivity contribution in [1.82, 2.24) is 30.0 Å². The first kappa shape index (κ1) is 17.3. The number of hydrogen-bond donors (Lipinski definition) is 1. The first-order chi connectivity index (χ1) is 13.7. The van der Waals surface area contributed by atoms with Crippen molar-refractivity contribution in [2.75, 3.05) is 20.3 Å². The molecule has 0 saturated carbocycles. The first-order valence-electron chi connectivity index (χ1n) is 9.56. The molecule has 0 spiro atoms. The van der Waals surface area contributed by atoms with Gasteiger partial charge in [0.1, 0.15) is 0 Å². The zero-order valence-electron chi connectivity index (χ0n) is 15.7. The van der Waals surface area contributed by atoms with Crippen LogP contribution < -0.4 is 5.32 Å². The van der Waals surface area contributed by atoms with Gasteiger partial charge in [-0.1, -0.05) is 6.07 Å². The fourth-order valence-corrected chi connectivity index (χ4v) is 4.23. The molecule has 3 aromatic heterocycles. The zero-order chi connectivity index (χ0) is 19.1. The predicted octanol–water partition coefficient (Wildman–Crippen LogP) is 1.41. The highest BCUT2D eigenvalue weighted by molar-refractivity contribution is 6.04. The number of ether oxygens (including phenoxy) is 1. The van der Waals surface area contributed by atoms with Crippen LogP contribution >= 0.6 is 0 Å². The van der Waals surface area contributed by atoms with Crippen LogP contribution in [0.5, 0.6) is 0 Å². The number of carbonyl (C=O) groups is 1. The second-order valence-electron chi connectivity index (χ2n) is 7.48. The van der Waals surface area contributed by atoms with Crippen LogP contribution in [-0.2, 0) is 4.74 Å². The first-order valence-corrected chi connectivity index (χ1v) is 9.56. The Morgan fingerprint density at radius 1 is 1.11 bits per heavy atom. The number of aromatic nitrogens is 4. The minimum atomic E-state index is -0.166. The fraction of sp³-hybridized carbons (Fsp3) is 0.400. The Kier molecular flexibility index (Phi) is 4.29. The second kappa shape index (κ2) is 6.96. The molecule has 2 atom stereocenters. The van der Waals surface area contributed by atoms with E-state index >= 15 is 0 Å². The van der Waals surface area contributed by atoms with Crippen molar-refractivity contribution in [1.29, 1.82) is 0 Å². The molecule has 8 heteroatoms. The van der Waals surface area contributed by atoms with E-state index in [0.29, 0.717) is 29.2 Å². The highest BCUT2D eigenvalue weighted by Gasteiger charge is 2.37. The van der Waals surface area contributed by atoms with Crippen molar-refractivity contribution in [2.24, 2.45) is 0 Å². The van der Waals surface area contributed by atoms with Gasteiger partial charge in [-0.3, -0.25) is 9.69 Å². The largest absolute Gasteiger partial charge is 0.378 e. The number of piperidine rings is 1. The molecule has 144 valence electrons. The average Bonchev–Trinajstić information content (AvgIpc) is 3.09. The molecule has 2 saturated heterocycles. The molecule has 2 fully saturated rings. The summed E-state index contributed by atoms with van der Waals surface area (Å²) in [6, 6.07) is 10.1. The third-order valence-electron chi connectivity index (χ3n) is 5.74. The van der Waals surface area contributed by atoms with Crippen molar-refractivity contribution in [3.05, 3.63) is 48.4 Å². The molecule has 0 aromatic carbocycles. The van der Waals surface area contributed by atoms with Gasteiger partial charge in [0.25, 0.3) is 5.91 Å². The Balaban J connectivity index is 1.44. The van der Waals surface area contributed by atoms with Crippen molar-refractivity contribution >= 4 is 16.9 Å². The van der Waals surface area contributed by atoms with Gasteiger partial charge in [0.15, 0.2) is 17.2 Å². The van der Waals surface area contributed by atoms with Crippen LogP contribution in [0.25, 0.3) is 16.9 Å². The fourth-order valence-electron chi connectivity index (χ4n) is 4.23. The minimum Gasteiger partial charge on any atom is -0.378 e. The van der Waals surface area contributed by atoms with Crippen molar-refractivity contribution in [3.63, 3.8) is 0 Å². The quantitative estimate of drug-likeness (QED) is 0.742. The maximum Gasteiger partial charge on any atom is 0.272 e. The predicted molar refractivity (Wildman–Crippen MR) is 103 cm³/mol. The standard InChI is InChI=1S/C20H22N6O2/c1-25-14-9-13(10-15(25)12-28-11-14)23-20(27)18-16-5-4-8-22-19(16)26(24-18)17-6-2-3-7-21-17/h2-8,13-15H,9-12H2,1H3,(H,23,27). The van der Waals surface area contributed by atoms with Gasteiger partial charge in [-0.2, -0.15) is 9.78 Å². The van der Waals surface area contributed by atoms with Crippen LogP contribution in [0.1, 0.15) is 23.3 Å². The average molecular weight is 378 g/mol. The molecule has 3 aromatic rings. The van der Waals surface area contributed by atoms with E-state index in [0.717, 1.165) is 31.4 Å². The van der Waals surface area contributed by atoms with Gasteiger partial charge >= 0.3 is 0 Å². The van der Waals surface area contributed by atoms with E-state index in [-0.39, 0.29) is 11.9 Å². The summed E-state index contributed by atoms with van der Waals surface area (Å²) in [5.41, 5.74) is 1.01. The molecule has 5 heterocycles. The molecule has 28 heavy (non-hydrogen) atoms. The van der Waals surface area contributed by atoms with Gasteiger partial charge in [0.2, 0.25) is 0 Å². The maximum atomic E-state index is 13.1. The van der Waals surface area contributed by atoms with Crippen LogP contribution in [-0.4, -0.2) is 68.9 Å². The number of rotatable bonds is 3. The Morgan fingerprint density at radius 3 is 2.64 bits per heavy atom. The summed E-state index contributed by atoms with van der Waals surface area (Å²) in [6.07, 6.45) is 5.17. The lowest BCUT2D eigenvalue weighted by molar-refractivity contribution is -0.0670. The molecule has 8 nitrogen and oxygen atoms in total. The third-order valence-corrected chi connectivity index (χ3v) is 5.74. The molecule has 2 unspecified atom stereocenters. The van der Waals surface area contributed by atoms with E-state index in [4.69, 9.17) is 4.74 Å². The number of pyridine rings is 2.